The minimum Gasteiger partial charge on any atom is -0.346 e. The molecule has 0 aromatic heterocycles. The van der Waals surface area contributed by atoms with E-state index in [1.54, 1.807) is 0 Å². The third-order valence-corrected chi connectivity index (χ3v) is 10.6. The summed E-state index contributed by atoms with van der Waals surface area (Å²) in [6, 6.07) is -4.38. The van der Waals surface area contributed by atoms with E-state index in [9.17, 15) is 33.6 Å². The molecule has 0 spiro atoms. The van der Waals surface area contributed by atoms with E-state index in [-0.39, 0.29) is 56.6 Å². The summed E-state index contributed by atoms with van der Waals surface area (Å²) in [5.41, 5.74) is 3.66. The Morgan fingerprint density at radius 2 is 1.61 bits per heavy atom. The van der Waals surface area contributed by atoms with Crippen molar-refractivity contribution < 1.29 is 33.6 Å². The van der Waals surface area contributed by atoms with Gasteiger partial charge in [-0.25, -0.2) is 4.79 Å². The highest BCUT2D eigenvalue weighted by Crippen LogP contribution is 2.34. The zero-order valence-electron chi connectivity index (χ0n) is 33.8. The number of nitrogens with one attached hydrogen (secondary N) is 4. The Morgan fingerprint density at radius 1 is 0.981 bits per heavy atom. The summed E-state index contributed by atoms with van der Waals surface area (Å²) < 4.78 is 0. The second-order valence-electron chi connectivity index (χ2n) is 17.2. The smallest absolute Gasteiger partial charge is 0.315 e. The number of carbonyl (C=O) groups is 7. The van der Waals surface area contributed by atoms with Crippen LogP contribution in [0, 0.1) is 16.7 Å². The molecule has 3 rings (SSSR count). The largest absolute Gasteiger partial charge is 0.346 e. The summed E-state index contributed by atoms with van der Waals surface area (Å²) in [5, 5.41) is 11.2. The number of nitrogens with zero attached hydrogens (tertiary/aromatic N) is 2. The van der Waals surface area contributed by atoms with Crippen LogP contribution in [0.4, 0.5) is 4.79 Å². The van der Waals surface area contributed by atoms with E-state index < -0.39 is 64.5 Å². The van der Waals surface area contributed by atoms with E-state index in [1.165, 1.54) is 15.9 Å². The fourth-order valence-electron chi connectivity index (χ4n) is 7.52. The Balaban J connectivity index is 1.91. The van der Waals surface area contributed by atoms with Crippen LogP contribution in [-0.4, -0.2) is 95.0 Å². The normalized spacial score (nSPS) is 20.7. The van der Waals surface area contributed by atoms with Gasteiger partial charge in [-0.2, -0.15) is 0 Å². The summed E-state index contributed by atoms with van der Waals surface area (Å²) in [4.78, 5) is 97.4. The first kappa shape index (κ1) is 44.1. The summed E-state index contributed by atoms with van der Waals surface area (Å²) in [5.74, 6) is -3.35. The van der Waals surface area contributed by atoms with Crippen molar-refractivity contribution in [3.63, 3.8) is 0 Å². The number of carbonyl (C=O) groups excluding carboxylic acids is 7. The number of piperidine rings is 1. The van der Waals surface area contributed by atoms with Gasteiger partial charge in [0, 0.05) is 38.0 Å². The minimum absolute atomic E-state index is 0.00146. The Labute approximate surface area is 321 Å². The Hall–Kier alpha value is -4.25. The van der Waals surface area contributed by atoms with E-state index in [1.807, 2.05) is 55.4 Å². The van der Waals surface area contributed by atoms with Crippen LogP contribution in [-0.2, 0) is 28.8 Å². The highest BCUT2D eigenvalue weighted by atomic mass is 16.2. The molecule has 3 fully saturated rings. The number of hydrogen-bond donors (Lipinski definition) is 4. The lowest BCUT2D eigenvalue weighted by atomic mass is 9.80. The fraction of sp³-hybridized carbons (Fsp3) is 0.707. The highest BCUT2D eigenvalue weighted by molar-refractivity contribution is 6.38. The quantitative estimate of drug-likeness (QED) is 0.0827. The molecule has 300 valence electrons. The molecule has 2 saturated heterocycles. The molecule has 1 aliphatic carbocycles. The van der Waals surface area contributed by atoms with Gasteiger partial charge in [-0.3, -0.25) is 33.7 Å². The molecule has 4 atom stereocenters. The molecule has 1 saturated carbocycles. The van der Waals surface area contributed by atoms with Crippen molar-refractivity contribution in [3.8, 4) is 0 Å². The number of ketones is 1. The second kappa shape index (κ2) is 19.4. The molecule has 13 nitrogen and oxygen atoms in total. The van der Waals surface area contributed by atoms with E-state index >= 15 is 0 Å². The average molecular weight is 753 g/mol. The van der Waals surface area contributed by atoms with Crippen LogP contribution in [0.15, 0.2) is 29.5 Å². The predicted octanol–water partition coefficient (Wildman–Crippen LogP) is 4.46. The van der Waals surface area contributed by atoms with Gasteiger partial charge in [-0.1, -0.05) is 79.7 Å². The summed E-state index contributed by atoms with van der Waals surface area (Å²) in [7, 11) is 0. The van der Waals surface area contributed by atoms with Gasteiger partial charge in [-0.15, -0.1) is 12.3 Å². The minimum atomic E-state index is -1.10. The fourth-order valence-corrected chi connectivity index (χ4v) is 7.52. The molecule has 0 radical (unpaired) electrons. The number of hydrogen-bond acceptors (Lipinski definition) is 7. The molecule has 1 unspecified atom stereocenters. The molecule has 0 bridgehead atoms. The molecule has 2 aliphatic heterocycles. The van der Waals surface area contributed by atoms with Crippen molar-refractivity contribution in [2.24, 2.45) is 16.7 Å². The number of imide groups is 1. The number of unbranched alkanes of at least 4 members (excludes halogenated alkanes) is 1. The molecule has 3 aliphatic rings. The van der Waals surface area contributed by atoms with Gasteiger partial charge < -0.3 is 26.2 Å². The number of likely N-dealkylation sites (tertiary alicyclic amines) is 2. The van der Waals surface area contributed by atoms with Crippen molar-refractivity contribution >= 4 is 41.4 Å². The lowest BCUT2D eigenvalue weighted by Crippen LogP contribution is -2.61. The maximum Gasteiger partial charge on any atom is 0.315 e. The number of rotatable bonds is 15. The molecule has 0 aromatic carbocycles. The zero-order valence-corrected chi connectivity index (χ0v) is 33.8. The number of amides is 7. The summed E-state index contributed by atoms with van der Waals surface area (Å²) >= 11 is 0. The van der Waals surface area contributed by atoms with Gasteiger partial charge in [0.2, 0.25) is 29.4 Å². The molecule has 13 heteroatoms. The SMILES string of the molecule is C=CCNC(=O)C(=O)C(CCCC)NC(=O)[C@@H]1C(=C=C(C)C)CCN1C(=O)[C@@H](NC(=O)N[C@H](CN1C(=O)CC(C)(C)CC1=O)C(C)(C)C)C1CCCCC1. The number of Topliss-reactive ketones (excluding diaryl/α,β-unsaturated/α-hetero) is 1. The lowest BCUT2D eigenvalue weighted by Gasteiger charge is -2.40. The predicted molar refractivity (Wildman–Crippen MR) is 207 cm³/mol. The Bertz CT molecular complexity index is 1490. The van der Waals surface area contributed by atoms with Crippen LogP contribution in [0.5, 0.6) is 0 Å². The standard InChI is InChI=1S/C41H64N6O7/c1-10-12-18-29(35(50)37(52)42-20-11-2)43-36(51)34-28(22-26(3)4)19-21-46(34)38(53)33(27-16-14-13-15-17-27)45-39(54)44-30(40(5,6)7)25-47-31(48)23-41(8,9)24-32(47)49/h11,27,29-30,33-34H,2,10,12-21,23-25H2,1,3-9H3,(H,42,52)(H,43,51)(H2,44,45,54)/t29?,30-,33+,34+/m1/s1. The van der Waals surface area contributed by atoms with Gasteiger partial charge in [-0.05, 0) is 61.9 Å². The zero-order chi connectivity index (χ0) is 40.4. The van der Waals surface area contributed by atoms with Crippen LogP contribution < -0.4 is 21.3 Å². The number of urea groups is 1. The van der Waals surface area contributed by atoms with E-state index in [2.05, 4.69) is 33.6 Å². The van der Waals surface area contributed by atoms with Crippen LogP contribution in [0.3, 0.4) is 0 Å². The third kappa shape index (κ3) is 12.1. The van der Waals surface area contributed by atoms with Crippen LogP contribution in [0.25, 0.3) is 0 Å². The molecular formula is C41H64N6O7. The van der Waals surface area contributed by atoms with Crippen LogP contribution >= 0.6 is 0 Å². The van der Waals surface area contributed by atoms with Gasteiger partial charge >= 0.3 is 6.03 Å². The Kier molecular flexibility index (Phi) is 15.8. The molecule has 0 aromatic rings. The van der Waals surface area contributed by atoms with Crippen molar-refractivity contribution in [1.29, 1.82) is 0 Å². The highest BCUT2D eigenvalue weighted by Gasteiger charge is 2.45. The average Bonchev–Trinajstić information content (AvgIpc) is 3.50. The van der Waals surface area contributed by atoms with E-state index in [0.717, 1.165) is 31.3 Å². The van der Waals surface area contributed by atoms with Crippen molar-refractivity contribution in [2.75, 3.05) is 19.6 Å². The molecular weight excluding hydrogens is 688 g/mol. The molecule has 4 N–H and O–H groups in total. The van der Waals surface area contributed by atoms with Gasteiger partial charge in [0.25, 0.3) is 5.91 Å². The van der Waals surface area contributed by atoms with Crippen molar-refractivity contribution in [1.82, 2.24) is 31.1 Å². The topological polar surface area (TPSA) is 174 Å². The maximum absolute atomic E-state index is 14.7. The van der Waals surface area contributed by atoms with Gasteiger partial charge in [0.1, 0.15) is 12.1 Å². The van der Waals surface area contributed by atoms with Gasteiger partial charge in [0.05, 0.1) is 12.1 Å². The maximum atomic E-state index is 14.7. The second-order valence-corrected chi connectivity index (χ2v) is 17.2. The lowest BCUT2D eigenvalue weighted by molar-refractivity contribution is -0.153. The van der Waals surface area contributed by atoms with E-state index in [0.29, 0.717) is 31.3 Å². The molecule has 54 heavy (non-hydrogen) atoms. The van der Waals surface area contributed by atoms with Gasteiger partial charge in [0.15, 0.2) is 0 Å². The first-order valence-electron chi connectivity index (χ1n) is 19.7. The van der Waals surface area contributed by atoms with Crippen molar-refractivity contribution in [2.45, 2.75) is 150 Å². The summed E-state index contributed by atoms with van der Waals surface area (Å²) in [6.07, 6.45) is 8.06. The summed E-state index contributed by atoms with van der Waals surface area (Å²) in [6.45, 7) is 19.0. The third-order valence-electron chi connectivity index (χ3n) is 10.6. The molecule has 2 heterocycles. The Morgan fingerprint density at radius 3 is 2.17 bits per heavy atom. The first-order valence-corrected chi connectivity index (χ1v) is 19.7. The van der Waals surface area contributed by atoms with Crippen LogP contribution in [0.2, 0.25) is 0 Å². The monoisotopic (exact) mass is 752 g/mol. The first-order chi connectivity index (χ1) is 25.3. The van der Waals surface area contributed by atoms with Crippen molar-refractivity contribution in [3.05, 3.63) is 29.5 Å². The van der Waals surface area contributed by atoms with E-state index in [4.69, 9.17) is 0 Å². The van der Waals surface area contributed by atoms with Crippen LogP contribution in [0.1, 0.15) is 126 Å². The molecule has 7 amide bonds.